The third-order valence-corrected chi connectivity index (χ3v) is 5.59. The molecule has 7 heteroatoms. The van der Waals surface area contributed by atoms with Gasteiger partial charge >= 0.3 is 6.03 Å². The van der Waals surface area contributed by atoms with Crippen LogP contribution in [-0.2, 0) is 12.8 Å². The first kappa shape index (κ1) is 23.2. The summed E-state index contributed by atoms with van der Waals surface area (Å²) in [7, 11) is 1.64. The minimum absolute atomic E-state index is 0.243. The molecule has 7 nitrogen and oxygen atoms in total. The molecule has 0 aliphatic heterocycles. The quantitative estimate of drug-likeness (QED) is 0.319. The maximum atomic E-state index is 12.8. The number of rotatable bonds is 10. The van der Waals surface area contributed by atoms with Crippen LogP contribution in [0.5, 0.6) is 11.5 Å². The molecule has 0 radical (unpaired) electrons. The topological polar surface area (TPSA) is 88.3 Å². The molecule has 4 aromatic rings. The van der Waals surface area contributed by atoms with Crippen molar-refractivity contribution in [1.82, 2.24) is 20.6 Å². The summed E-state index contributed by atoms with van der Waals surface area (Å²) in [6.07, 6.45) is 1.27. The molecule has 0 saturated carbocycles. The van der Waals surface area contributed by atoms with E-state index in [-0.39, 0.29) is 12.1 Å². The van der Waals surface area contributed by atoms with Crippen molar-refractivity contribution in [2.45, 2.75) is 25.8 Å². The minimum Gasteiger partial charge on any atom is -0.497 e. The Kier molecular flexibility index (Phi) is 7.65. The lowest BCUT2D eigenvalue weighted by atomic mass is 10.1. The second-order valence-electron chi connectivity index (χ2n) is 7.93. The van der Waals surface area contributed by atoms with Crippen LogP contribution in [0.2, 0.25) is 0 Å². The largest absolute Gasteiger partial charge is 0.497 e. The van der Waals surface area contributed by atoms with Crippen molar-refractivity contribution in [3.05, 3.63) is 89.7 Å². The number of ether oxygens (including phenoxy) is 2. The van der Waals surface area contributed by atoms with Crippen molar-refractivity contribution in [2.24, 2.45) is 0 Å². The van der Waals surface area contributed by atoms with Gasteiger partial charge in [-0.2, -0.15) is 0 Å². The highest BCUT2D eigenvalue weighted by atomic mass is 16.5. The fourth-order valence-corrected chi connectivity index (χ4v) is 3.88. The number of benzene rings is 3. The molecule has 0 aliphatic carbocycles. The summed E-state index contributed by atoms with van der Waals surface area (Å²) in [6.45, 7) is 3.06. The average Bonchev–Trinajstić information content (AvgIpc) is 3.30. The summed E-state index contributed by atoms with van der Waals surface area (Å²) >= 11 is 0. The molecule has 0 spiro atoms. The van der Waals surface area contributed by atoms with Gasteiger partial charge in [0.2, 0.25) is 0 Å². The standard InChI is InChI=1S/C27H30N4O3/c1-3-34-25-11-7-4-8-20(25)16-17-28-27(32)31-24(18-19-12-14-21(33-2)15-13-19)26-29-22-9-5-6-10-23(22)30-26/h4-15,24H,3,16-18H2,1-2H3,(H,29,30)(H2,28,31,32). The molecular weight excluding hydrogens is 428 g/mol. The van der Waals surface area contributed by atoms with E-state index in [1.54, 1.807) is 7.11 Å². The summed E-state index contributed by atoms with van der Waals surface area (Å²) in [6, 6.07) is 23.0. The molecular formula is C27H30N4O3. The van der Waals surface area contributed by atoms with Crippen LogP contribution in [0.25, 0.3) is 11.0 Å². The fourth-order valence-electron chi connectivity index (χ4n) is 3.88. The van der Waals surface area contributed by atoms with Gasteiger partial charge in [-0.15, -0.1) is 0 Å². The predicted octanol–water partition coefficient (Wildman–Crippen LogP) is 4.80. The van der Waals surface area contributed by atoms with Gasteiger partial charge in [0, 0.05) is 6.54 Å². The number of amides is 2. The molecule has 1 heterocycles. The van der Waals surface area contributed by atoms with Crippen LogP contribution in [0, 0.1) is 0 Å². The number of nitrogens with one attached hydrogen (secondary N) is 3. The van der Waals surface area contributed by atoms with Gasteiger partial charge in [0.05, 0.1) is 30.8 Å². The summed E-state index contributed by atoms with van der Waals surface area (Å²) in [5.74, 6) is 2.36. The van der Waals surface area contributed by atoms with Crippen LogP contribution in [0.3, 0.4) is 0 Å². The van der Waals surface area contributed by atoms with Gasteiger partial charge < -0.3 is 25.1 Å². The molecule has 1 unspecified atom stereocenters. The SMILES string of the molecule is CCOc1ccccc1CCNC(=O)NC(Cc1ccc(OC)cc1)c1nc2ccccc2[nH]1. The number of aromatic nitrogens is 2. The number of aromatic amines is 1. The Bertz CT molecular complexity index is 1190. The summed E-state index contributed by atoms with van der Waals surface area (Å²) in [5.41, 5.74) is 3.94. The number of hydrogen-bond donors (Lipinski definition) is 3. The highest BCUT2D eigenvalue weighted by Gasteiger charge is 2.19. The second-order valence-corrected chi connectivity index (χ2v) is 7.93. The van der Waals surface area contributed by atoms with E-state index in [0.717, 1.165) is 33.7 Å². The van der Waals surface area contributed by atoms with Crippen LogP contribution >= 0.6 is 0 Å². The third-order valence-electron chi connectivity index (χ3n) is 5.59. The Morgan fingerprint density at radius 3 is 2.56 bits per heavy atom. The van der Waals surface area contributed by atoms with Gasteiger partial charge in [-0.1, -0.05) is 42.5 Å². The van der Waals surface area contributed by atoms with E-state index in [4.69, 9.17) is 14.5 Å². The maximum Gasteiger partial charge on any atom is 0.315 e. The molecule has 0 bridgehead atoms. The Balaban J connectivity index is 1.44. The lowest BCUT2D eigenvalue weighted by Crippen LogP contribution is -2.40. The van der Waals surface area contributed by atoms with E-state index >= 15 is 0 Å². The van der Waals surface area contributed by atoms with Gasteiger partial charge in [0.25, 0.3) is 0 Å². The predicted molar refractivity (Wildman–Crippen MR) is 133 cm³/mol. The van der Waals surface area contributed by atoms with Crippen molar-refractivity contribution >= 4 is 17.1 Å². The molecule has 176 valence electrons. The zero-order chi connectivity index (χ0) is 23.8. The Labute approximate surface area is 199 Å². The molecule has 1 atom stereocenters. The number of imidazole rings is 1. The Morgan fingerprint density at radius 1 is 1.03 bits per heavy atom. The molecule has 0 fully saturated rings. The lowest BCUT2D eigenvalue weighted by molar-refractivity contribution is 0.236. The monoisotopic (exact) mass is 458 g/mol. The van der Waals surface area contributed by atoms with Crippen molar-refractivity contribution in [3.8, 4) is 11.5 Å². The molecule has 0 saturated heterocycles. The number of H-pyrrole nitrogens is 1. The van der Waals surface area contributed by atoms with E-state index in [9.17, 15) is 4.79 Å². The first-order valence-corrected chi connectivity index (χ1v) is 11.5. The number of carbonyl (C=O) groups is 1. The van der Waals surface area contributed by atoms with Gasteiger partial charge in [-0.3, -0.25) is 0 Å². The molecule has 3 N–H and O–H groups in total. The highest BCUT2D eigenvalue weighted by molar-refractivity contribution is 5.76. The zero-order valence-electron chi connectivity index (χ0n) is 19.5. The van der Waals surface area contributed by atoms with E-state index in [1.807, 2.05) is 79.7 Å². The molecule has 2 amide bonds. The maximum absolute atomic E-state index is 12.8. The van der Waals surface area contributed by atoms with E-state index in [2.05, 4.69) is 15.6 Å². The second kappa shape index (κ2) is 11.2. The van der Waals surface area contributed by atoms with Gasteiger partial charge in [-0.25, -0.2) is 9.78 Å². The molecule has 4 rings (SSSR count). The normalized spacial score (nSPS) is 11.7. The van der Waals surface area contributed by atoms with E-state index in [1.165, 1.54) is 0 Å². The van der Waals surface area contributed by atoms with Gasteiger partial charge in [-0.05, 0) is 61.2 Å². The summed E-state index contributed by atoms with van der Waals surface area (Å²) in [4.78, 5) is 20.9. The number of fused-ring (bicyclic) bond motifs is 1. The minimum atomic E-state index is -0.323. The number of nitrogens with zero attached hydrogens (tertiary/aromatic N) is 1. The first-order valence-electron chi connectivity index (χ1n) is 11.5. The van der Waals surface area contributed by atoms with Crippen molar-refractivity contribution < 1.29 is 14.3 Å². The average molecular weight is 459 g/mol. The number of methoxy groups -OCH3 is 1. The molecule has 34 heavy (non-hydrogen) atoms. The number of hydrogen-bond acceptors (Lipinski definition) is 4. The molecule has 3 aromatic carbocycles. The van der Waals surface area contributed by atoms with E-state index in [0.29, 0.717) is 31.8 Å². The zero-order valence-corrected chi connectivity index (χ0v) is 19.5. The van der Waals surface area contributed by atoms with E-state index < -0.39 is 0 Å². The lowest BCUT2D eigenvalue weighted by Gasteiger charge is -2.18. The van der Waals surface area contributed by atoms with Crippen molar-refractivity contribution in [1.29, 1.82) is 0 Å². The Morgan fingerprint density at radius 2 is 1.79 bits per heavy atom. The van der Waals surface area contributed by atoms with Crippen LogP contribution in [-0.4, -0.2) is 36.3 Å². The van der Waals surface area contributed by atoms with Crippen LogP contribution in [0.15, 0.2) is 72.8 Å². The fraction of sp³-hybridized carbons (Fsp3) is 0.259. The smallest absolute Gasteiger partial charge is 0.315 e. The summed E-state index contributed by atoms with van der Waals surface area (Å²) in [5, 5.41) is 6.06. The summed E-state index contributed by atoms with van der Waals surface area (Å²) < 4.78 is 10.9. The van der Waals surface area contributed by atoms with Gasteiger partial charge in [0.15, 0.2) is 0 Å². The van der Waals surface area contributed by atoms with Crippen LogP contribution < -0.4 is 20.1 Å². The number of carbonyl (C=O) groups excluding carboxylic acids is 1. The van der Waals surface area contributed by atoms with Crippen molar-refractivity contribution in [3.63, 3.8) is 0 Å². The van der Waals surface area contributed by atoms with Crippen LogP contribution in [0.1, 0.15) is 29.9 Å². The van der Waals surface area contributed by atoms with Crippen molar-refractivity contribution in [2.75, 3.05) is 20.3 Å². The van der Waals surface area contributed by atoms with Crippen LogP contribution in [0.4, 0.5) is 4.79 Å². The number of para-hydroxylation sites is 3. The molecule has 0 aliphatic rings. The number of urea groups is 1. The Hall–Kier alpha value is -4.00. The van der Waals surface area contributed by atoms with Gasteiger partial charge in [0.1, 0.15) is 17.3 Å². The molecule has 1 aromatic heterocycles. The third kappa shape index (κ3) is 5.86. The first-order chi connectivity index (χ1) is 16.7. The highest BCUT2D eigenvalue weighted by Crippen LogP contribution is 2.22.